The van der Waals surface area contributed by atoms with Gasteiger partial charge in [-0.3, -0.25) is 0 Å². The molecule has 0 radical (unpaired) electrons. The molecule has 3 heteroatoms. The number of para-hydroxylation sites is 1. The smallest absolute Gasteiger partial charge is 0.124 e. The van der Waals surface area contributed by atoms with E-state index in [9.17, 15) is 0 Å². The molecule has 1 aliphatic rings. The van der Waals surface area contributed by atoms with Gasteiger partial charge in [0.1, 0.15) is 12.4 Å². The third-order valence-corrected chi connectivity index (χ3v) is 3.34. The lowest BCUT2D eigenvalue weighted by Gasteiger charge is -2.19. The molecule has 1 fully saturated rings. The molecule has 0 amide bonds. The second-order valence-corrected chi connectivity index (χ2v) is 4.76. The normalized spacial score (nSPS) is 20.9. The first-order chi connectivity index (χ1) is 8.81. The predicted molar refractivity (Wildman–Crippen MR) is 73.0 cm³/mol. The lowest BCUT2D eigenvalue weighted by molar-refractivity contribution is 0.0674. The van der Waals surface area contributed by atoms with Crippen molar-refractivity contribution >= 4 is 0 Å². The highest BCUT2D eigenvalue weighted by Crippen LogP contribution is 2.25. The average Bonchev–Trinajstić information content (AvgIpc) is 2.90. The van der Waals surface area contributed by atoms with Crippen LogP contribution < -0.4 is 10.1 Å². The Labute approximate surface area is 109 Å². The van der Waals surface area contributed by atoms with Crippen molar-refractivity contribution < 1.29 is 9.47 Å². The van der Waals surface area contributed by atoms with E-state index in [1.807, 2.05) is 12.1 Å². The van der Waals surface area contributed by atoms with Crippen LogP contribution in [0.3, 0.4) is 0 Å². The Bertz CT molecular complexity index is 361. The van der Waals surface area contributed by atoms with Crippen molar-refractivity contribution in [3.05, 3.63) is 29.8 Å². The van der Waals surface area contributed by atoms with Gasteiger partial charge in [0.05, 0.1) is 6.10 Å². The first-order valence-electron chi connectivity index (χ1n) is 6.88. The quantitative estimate of drug-likeness (QED) is 0.841. The minimum Gasteiger partial charge on any atom is -0.491 e. The van der Waals surface area contributed by atoms with Gasteiger partial charge in [0.15, 0.2) is 0 Å². The topological polar surface area (TPSA) is 30.5 Å². The molecule has 0 bridgehead atoms. The molecule has 0 aromatic heterocycles. The number of benzene rings is 1. The van der Waals surface area contributed by atoms with Crippen LogP contribution in [0.25, 0.3) is 0 Å². The summed E-state index contributed by atoms with van der Waals surface area (Å²) in [5.74, 6) is 0.974. The highest BCUT2D eigenvalue weighted by Gasteiger charge is 2.17. The average molecular weight is 249 g/mol. The fraction of sp³-hybridized carbons (Fsp3) is 0.600. The van der Waals surface area contributed by atoms with Crippen molar-refractivity contribution in [3.63, 3.8) is 0 Å². The first-order valence-corrected chi connectivity index (χ1v) is 6.88. The van der Waals surface area contributed by atoms with Crippen molar-refractivity contribution in [3.8, 4) is 5.75 Å². The van der Waals surface area contributed by atoms with Crippen LogP contribution in [0.2, 0.25) is 0 Å². The summed E-state index contributed by atoms with van der Waals surface area (Å²) in [7, 11) is 0. The monoisotopic (exact) mass is 249 g/mol. The third kappa shape index (κ3) is 3.47. The van der Waals surface area contributed by atoms with E-state index in [0.29, 0.717) is 12.6 Å². The number of nitrogens with one attached hydrogen (secondary N) is 1. The van der Waals surface area contributed by atoms with E-state index in [-0.39, 0.29) is 6.10 Å². The highest BCUT2D eigenvalue weighted by atomic mass is 16.5. The SMILES string of the molecule is CCNC(C)c1ccccc1OCC1CCCO1. The van der Waals surface area contributed by atoms with E-state index in [1.54, 1.807) is 0 Å². The summed E-state index contributed by atoms with van der Waals surface area (Å²) in [6, 6.07) is 8.56. The molecule has 1 N–H and O–H groups in total. The van der Waals surface area contributed by atoms with E-state index < -0.39 is 0 Å². The van der Waals surface area contributed by atoms with Crippen molar-refractivity contribution in [1.82, 2.24) is 5.32 Å². The number of ether oxygens (including phenoxy) is 2. The zero-order valence-corrected chi connectivity index (χ0v) is 11.3. The van der Waals surface area contributed by atoms with Crippen LogP contribution in [0.15, 0.2) is 24.3 Å². The van der Waals surface area contributed by atoms with Crippen LogP contribution in [0.4, 0.5) is 0 Å². The molecule has 0 saturated carbocycles. The van der Waals surface area contributed by atoms with Gasteiger partial charge in [-0.15, -0.1) is 0 Å². The van der Waals surface area contributed by atoms with Crippen LogP contribution in [-0.4, -0.2) is 25.9 Å². The molecule has 100 valence electrons. The molecule has 1 heterocycles. The Hall–Kier alpha value is -1.06. The van der Waals surface area contributed by atoms with E-state index >= 15 is 0 Å². The summed E-state index contributed by atoms with van der Waals surface area (Å²) in [6.45, 7) is 6.78. The minimum atomic E-state index is 0.271. The van der Waals surface area contributed by atoms with Crippen molar-refractivity contribution in [2.45, 2.75) is 38.8 Å². The van der Waals surface area contributed by atoms with E-state index in [4.69, 9.17) is 9.47 Å². The van der Waals surface area contributed by atoms with Crippen molar-refractivity contribution in [2.24, 2.45) is 0 Å². The van der Waals surface area contributed by atoms with Gasteiger partial charge < -0.3 is 14.8 Å². The molecule has 18 heavy (non-hydrogen) atoms. The van der Waals surface area contributed by atoms with Crippen LogP contribution in [0.5, 0.6) is 5.75 Å². The van der Waals surface area contributed by atoms with Crippen LogP contribution >= 0.6 is 0 Å². The molecule has 2 unspecified atom stereocenters. The van der Waals surface area contributed by atoms with Crippen molar-refractivity contribution in [2.75, 3.05) is 19.8 Å². The minimum absolute atomic E-state index is 0.271. The predicted octanol–water partition coefficient (Wildman–Crippen LogP) is 2.91. The zero-order valence-electron chi connectivity index (χ0n) is 11.3. The van der Waals surface area contributed by atoms with Gasteiger partial charge in [-0.25, -0.2) is 0 Å². The molecule has 2 rings (SSSR count). The Kier molecular flexibility index (Phi) is 5.02. The number of hydrogen-bond donors (Lipinski definition) is 1. The number of hydrogen-bond acceptors (Lipinski definition) is 3. The van der Waals surface area contributed by atoms with Gasteiger partial charge in [-0.2, -0.15) is 0 Å². The number of rotatable bonds is 6. The molecule has 2 atom stereocenters. The molecular weight excluding hydrogens is 226 g/mol. The van der Waals surface area contributed by atoms with Gasteiger partial charge in [-0.1, -0.05) is 25.1 Å². The van der Waals surface area contributed by atoms with E-state index in [0.717, 1.165) is 31.7 Å². The van der Waals surface area contributed by atoms with Crippen LogP contribution in [0.1, 0.15) is 38.3 Å². The molecule has 1 aromatic carbocycles. The van der Waals surface area contributed by atoms with Gasteiger partial charge in [0.25, 0.3) is 0 Å². The lowest BCUT2D eigenvalue weighted by Crippen LogP contribution is -2.20. The summed E-state index contributed by atoms with van der Waals surface area (Å²) in [5, 5.41) is 3.42. The summed E-state index contributed by atoms with van der Waals surface area (Å²) < 4.78 is 11.5. The summed E-state index contributed by atoms with van der Waals surface area (Å²) in [6.07, 6.45) is 2.54. The molecule has 0 spiro atoms. The summed E-state index contributed by atoms with van der Waals surface area (Å²) in [4.78, 5) is 0. The standard InChI is InChI=1S/C15H23NO2/c1-3-16-12(2)14-8-4-5-9-15(14)18-11-13-7-6-10-17-13/h4-5,8-9,12-13,16H,3,6-7,10-11H2,1-2H3. The Morgan fingerprint density at radius 2 is 2.28 bits per heavy atom. The lowest BCUT2D eigenvalue weighted by atomic mass is 10.1. The zero-order chi connectivity index (χ0) is 12.8. The fourth-order valence-corrected chi connectivity index (χ4v) is 2.34. The largest absolute Gasteiger partial charge is 0.491 e. The molecule has 1 aromatic rings. The maximum Gasteiger partial charge on any atom is 0.124 e. The summed E-state index contributed by atoms with van der Waals surface area (Å²) in [5.41, 5.74) is 1.22. The molecule has 3 nitrogen and oxygen atoms in total. The highest BCUT2D eigenvalue weighted by molar-refractivity contribution is 5.35. The van der Waals surface area contributed by atoms with E-state index in [2.05, 4.69) is 31.3 Å². The first kappa shape index (κ1) is 13.4. The molecule has 1 aliphatic heterocycles. The van der Waals surface area contributed by atoms with Gasteiger partial charge in [0.2, 0.25) is 0 Å². The molecular formula is C15H23NO2. The van der Waals surface area contributed by atoms with Gasteiger partial charge in [-0.05, 0) is 32.4 Å². The second-order valence-electron chi connectivity index (χ2n) is 4.76. The second kappa shape index (κ2) is 6.76. The fourth-order valence-electron chi connectivity index (χ4n) is 2.34. The van der Waals surface area contributed by atoms with Crippen LogP contribution in [-0.2, 0) is 4.74 Å². The third-order valence-electron chi connectivity index (χ3n) is 3.34. The van der Waals surface area contributed by atoms with Crippen molar-refractivity contribution in [1.29, 1.82) is 0 Å². The Balaban J connectivity index is 1.97. The Morgan fingerprint density at radius 1 is 1.44 bits per heavy atom. The molecule has 1 saturated heterocycles. The van der Waals surface area contributed by atoms with Gasteiger partial charge in [0, 0.05) is 18.2 Å². The van der Waals surface area contributed by atoms with Gasteiger partial charge >= 0.3 is 0 Å². The summed E-state index contributed by atoms with van der Waals surface area (Å²) >= 11 is 0. The maximum atomic E-state index is 5.92. The Morgan fingerprint density at radius 3 is 3.00 bits per heavy atom. The maximum absolute atomic E-state index is 5.92. The van der Waals surface area contributed by atoms with E-state index in [1.165, 1.54) is 5.56 Å². The molecule has 0 aliphatic carbocycles. The van der Waals surface area contributed by atoms with Crippen LogP contribution in [0, 0.1) is 0 Å².